The first kappa shape index (κ1) is 22.8. The van der Waals surface area contributed by atoms with Gasteiger partial charge in [-0.15, -0.1) is 0 Å². The quantitative estimate of drug-likeness (QED) is 0.333. The molecule has 0 spiro atoms. The Hall–Kier alpha value is -2.90. The van der Waals surface area contributed by atoms with Crippen LogP contribution < -0.4 is 10.6 Å². The number of nitro benzene ring substituents is 1. The maximum absolute atomic E-state index is 13.0. The monoisotopic (exact) mass is 461 g/mol. The number of nitrogens with zero attached hydrogens (tertiary/aromatic N) is 1. The van der Waals surface area contributed by atoms with E-state index in [1.165, 1.54) is 30.3 Å². The van der Waals surface area contributed by atoms with Crippen LogP contribution in [-0.2, 0) is 9.59 Å². The highest BCUT2D eigenvalue weighted by molar-refractivity contribution is 6.36. The number of nitrogens with one attached hydrogen (secondary N) is 2. The van der Waals surface area contributed by atoms with Crippen molar-refractivity contribution in [1.29, 1.82) is 0 Å². The summed E-state index contributed by atoms with van der Waals surface area (Å²) in [6.07, 6.45) is 5.97. The van der Waals surface area contributed by atoms with Crippen LogP contribution in [0.5, 0.6) is 0 Å². The van der Waals surface area contributed by atoms with Gasteiger partial charge < -0.3 is 10.6 Å². The van der Waals surface area contributed by atoms with Crippen molar-refractivity contribution in [1.82, 2.24) is 5.32 Å². The number of carbonyl (C=O) groups is 2. The summed E-state index contributed by atoms with van der Waals surface area (Å²) in [5, 5.41) is 17.1. The molecule has 3 rings (SSSR count). The highest BCUT2D eigenvalue weighted by Crippen LogP contribution is 2.27. The maximum atomic E-state index is 13.0. The minimum Gasteiger partial charge on any atom is -0.321 e. The summed E-state index contributed by atoms with van der Waals surface area (Å²) in [5.74, 6) is -1.01. The Morgan fingerprint density at radius 3 is 2.48 bits per heavy atom. The molecule has 1 saturated carbocycles. The molecule has 31 heavy (non-hydrogen) atoms. The molecule has 1 aliphatic rings. The number of amides is 2. The van der Waals surface area contributed by atoms with Crippen molar-refractivity contribution < 1.29 is 14.5 Å². The van der Waals surface area contributed by atoms with Crippen LogP contribution in [0.3, 0.4) is 0 Å². The molecular weight excluding hydrogens is 441 g/mol. The summed E-state index contributed by atoms with van der Waals surface area (Å²) in [4.78, 5) is 36.3. The van der Waals surface area contributed by atoms with Crippen molar-refractivity contribution in [3.8, 4) is 0 Å². The highest BCUT2D eigenvalue weighted by atomic mass is 35.5. The third-order valence-electron chi connectivity index (χ3n) is 5.05. The normalized spacial score (nSPS) is 14.7. The van der Waals surface area contributed by atoms with Crippen LogP contribution in [0.1, 0.15) is 37.7 Å². The molecule has 1 aliphatic carbocycles. The molecule has 0 unspecified atom stereocenters. The van der Waals surface area contributed by atoms with Crippen molar-refractivity contribution in [3.63, 3.8) is 0 Å². The zero-order valence-corrected chi connectivity index (χ0v) is 18.1. The molecule has 0 aliphatic heterocycles. The lowest BCUT2D eigenvalue weighted by atomic mass is 9.88. The van der Waals surface area contributed by atoms with Crippen molar-refractivity contribution in [2.24, 2.45) is 5.92 Å². The molecule has 1 fully saturated rings. The molecule has 0 atom stereocenters. The number of carbonyl (C=O) groups excluding carboxylic acids is 2. The topological polar surface area (TPSA) is 101 Å². The molecule has 2 amide bonds. The Morgan fingerprint density at radius 1 is 1.06 bits per heavy atom. The summed E-state index contributed by atoms with van der Waals surface area (Å²) in [7, 11) is 0. The van der Waals surface area contributed by atoms with Gasteiger partial charge in [0.05, 0.1) is 15.6 Å². The van der Waals surface area contributed by atoms with Crippen LogP contribution in [0, 0.1) is 16.0 Å². The summed E-state index contributed by atoms with van der Waals surface area (Å²) >= 11 is 12.0. The smallest absolute Gasteiger partial charge is 0.272 e. The fraction of sp³-hybridized carbons (Fsp3) is 0.273. The van der Waals surface area contributed by atoms with Gasteiger partial charge in [0.1, 0.15) is 5.70 Å². The third kappa shape index (κ3) is 6.29. The summed E-state index contributed by atoms with van der Waals surface area (Å²) in [6.45, 7) is 0. The fourth-order valence-corrected chi connectivity index (χ4v) is 3.89. The lowest BCUT2D eigenvalue weighted by Gasteiger charge is -2.21. The van der Waals surface area contributed by atoms with E-state index in [9.17, 15) is 19.7 Å². The van der Waals surface area contributed by atoms with E-state index in [1.54, 1.807) is 18.2 Å². The Labute approximate surface area is 189 Å². The van der Waals surface area contributed by atoms with E-state index >= 15 is 0 Å². The van der Waals surface area contributed by atoms with Crippen molar-refractivity contribution in [2.75, 3.05) is 5.32 Å². The highest BCUT2D eigenvalue weighted by Gasteiger charge is 2.24. The number of hydrogen-bond acceptors (Lipinski definition) is 4. The minimum atomic E-state index is -0.597. The molecule has 162 valence electrons. The number of non-ortho nitro benzene ring substituents is 1. The molecule has 7 nitrogen and oxygen atoms in total. The average molecular weight is 462 g/mol. The second kappa shape index (κ2) is 10.4. The zero-order valence-electron chi connectivity index (χ0n) is 16.6. The van der Waals surface area contributed by atoms with Gasteiger partial charge in [0, 0.05) is 23.1 Å². The van der Waals surface area contributed by atoms with Gasteiger partial charge in [-0.25, -0.2) is 0 Å². The molecule has 2 aromatic rings. The van der Waals surface area contributed by atoms with E-state index in [0.717, 1.165) is 32.1 Å². The predicted octanol–water partition coefficient (Wildman–Crippen LogP) is 5.58. The molecular formula is C22H21Cl2N3O4. The van der Waals surface area contributed by atoms with Crippen LogP contribution in [0.4, 0.5) is 11.4 Å². The number of benzene rings is 2. The molecule has 0 saturated heterocycles. The predicted molar refractivity (Wildman–Crippen MR) is 121 cm³/mol. The van der Waals surface area contributed by atoms with E-state index in [4.69, 9.17) is 23.2 Å². The molecule has 2 aromatic carbocycles. The van der Waals surface area contributed by atoms with Gasteiger partial charge in [0.2, 0.25) is 5.91 Å². The standard InChI is InChI=1S/C22H21Cl2N3O4/c23-16-9-10-19(18(24)13-16)25-22(29)20(26-21(28)15-6-2-1-3-7-15)12-14-5-4-8-17(11-14)27(30)31/h4-5,8-13,15H,1-3,6-7H2,(H,25,29)(H,26,28)/b20-12-. The second-order valence-corrected chi connectivity index (χ2v) is 8.16. The van der Waals surface area contributed by atoms with E-state index in [-0.39, 0.29) is 28.2 Å². The number of anilines is 1. The Bertz CT molecular complexity index is 1030. The summed E-state index contributed by atoms with van der Waals surface area (Å²) in [6, 6.07) is 10.4. The fourth-order valence-electron chi connectivity index (χ4n) is 3.43. The Balaban J connectivity index is 1.88. The lowest BCUT2D eigenvalue weighted by molar-refractivity contribution is -0.384. The molecule has 0 heterocycles. The maximum Gasteiger partial charge on any atom is 0.272 e. The van der Waals surface area contributed by atoms with Gasteiger partial charge >= 0.3 is 0 Å². The largest absolute Gasteiger partial charge is 0.321 e. The van der Waals surface area contributed by atoms with Gasteiger partial charge in [-0.1, -0.05) is 54.6 Å². The molecule has 0 bridgehead atoms. The van der Waals surface area contributed by atoms with Crippen LogP contribution in [-0.4, -0.2) is 16.7 Å². The van der Waals surface area contributed by atoms with Gasteiger partial charge in [0.15, 0.2) is 0 Å². The molecule has 2 N–H and O–H groups in total. The van der Waals surface area contributed by atoms with Crippen LogP contribution in [0.15, 0.2) is 48.2 Å². The SMILES string of the molecule is O=C(Nc1ccc(Cl)cc1Cl)/C(=C/c1cccc([N+](=O)[O-])c1)NC(=O)C1CCCCC1. The first-order valence-electron chi connectivity index (χ1n) is 9.87. The third-order valence-corrected chi connectivity index (χ3v) is 5.60. The van der Waals surface area contributed by atoms with Gasteiger partial charge in [-0.2, -0.15) is 0 Å². The van der Waals surface area contributed by atoms with E-state index in [2.05, 4.69) is 10.6 Å². The number of halogens is 2. The number of rotatable bonds is 6. The zero-order chi connectivity index (χ0) is 22.4. The number of hydrogen-bond donors (Lipinski definition) is 2. The average Bonchev–Trinajstić information content (AvgIpc) is 2.76. The van der Waals surface area contributed by atoms with Crippen molar-refractivity contribution in [2.45, 2.75) is 32.1 Å². The van der Waals surface area contributed by atoms with Crippen LogP contribution >= 0.6 is 23.2 Å². The van der Waals surface area contributed by atoms with Crippen molar-refractivity contribution >= 4 is 52.5 Å². The van der Waals surface area contributed by atoms with Gasteiger partial charge in [0.25, 0.3) is 11.6 Å². The molecule has 0 aromatic heterocycles. The minimum absolute atomic E-state index is 0.0258. The van der Waals surface area contributed by atoms with E-state index in [0.29, 0.717) is 16.3 Å². The molecule has 0 radical (unpaired) electrons. The van der Waals surface area contributed by atoms with Crippen LogP contribution in [0.2, 0.25) is 10.0 Å². The second-order valence-electron chi connectivity index (χ2n) is 7.31. The van der Waals surface area contributed by atoms with Gasteiger partial charge in [-0.3, -0.25) is 19.7 Å². The first-order valence-corrected chi connectivity index (χ1v) is 10.6. The summed E-state index contributed by atoms with van der Waals surface area (Å²) in [5.41, 5.74) is 0.591. The molecule has 9 heteroatoms. The number of nitro groups is 1. The van der Waals surface area contributed by atoms with Crippen LogP contribution in [0.25, 0.3) is 6.08 Å². The summed E-state index contributed by atoms with van der Waals surface area (Å²) < 4.78 is 0. The van der Waals surface area contributed by atoms with Crippen molar-refractivity contribution in [3.05, 3.63) is 73.9 Å². The van der Waals surface area contributed by atoms with Gasteiger partial charge in [-0.05, 0) is 42.7 Å². The lowest BCUT2D eigenvalue weighted by Crippen LogP contribution is -2.35. The van der Waals surface area contributed by atoms with E-state index in [1.807, 2.05) is 0 Å². The first-order chi connectivity index (χ1) is 14.8. The van der Waals surface area contributed by atoms with E-state index < -0.39 is 10.8 Å². The Morgan fingerprint density at radius 2 is 1.81 bits per heavy atom. The Kier molecular flexibility index (Phi) is 7.65.